The minimum absolute atomic E-state index is 0.382. The Balaban J connectivity index is 3.79. The van der Waals surface area contributed by atoms with E-state index < -0.39 is 24.6 Å². The molecule has 0 aliphatic heterocycles. The molecule has 0 spiro atoms. The van der Waals surface area contributed by atoms with Crippen molar-refractivity contribution >= 4 is 12.0 Å². The van der Waals surface area contributed by atoms with E-state index in [4.69, 9.17) is 10.2 Å². The topological polar surface area (TPSA) is 98.7 Å². The number of amides is 2. The molecule has 6 heteroatoms. The molecule has 0 aliphatic carbocycles. The Morgan fingerprint density at radius 3 is 2.57 bits per heavy atom. The van der Waals surface area contributed by atoms with Crippen LogP contribution in [0.15, 0.2) is 12.7 Å². The zero-order valence-corrected chi connectivity index (χ0v) is 7.69. The van der Waals surface area contributed by atoms with Crippen molar-refractivity contribution in [1.29, 1.82) is 0 Å². The van der Waals surface area contributed by atoms with E-state index in [0.29, 0.717) is 13.0 Å². The van der Waals surface area contributed by atoms with Gasteiger partial charge in [-0.2, -0.15) is 0 Å². The molecule has 1 atom stereocenters. The second kappa shape index (κ2) is 6.90. The number of aliphatic hydroxyl groups is 1. The predicted molar refractivity (Wildman–Crippen MR) is 49.9 cm³/mol. The minimum atomic E-state index is -1.27. The van der Waals surface area contributed by atoms with Crippen LogP contribution < -0.4 is 10.6 Å². The first-order valence-corrected chi connectivity index (χ1v) is 4.10. The first-order chi connectivity index (χ1) is 6.61. The highest BCUT2D eigenvalue weighted by molar-refractivity contribution is 5.82. The van der Waals surface area contributed by atoms with E-state index >= 15 is 0 Å². The van der Waals surface area contributed by atoms with Gasteiger partial charge in [0.2, 0.25) is 0 Å². The highest BCUT2D eigenvalue weighted by Crippen LogP contribution is 1.82. The van der Waals surface area contributed by atoms with Crippen molar-refractivity contribution < 1.29 is 19.8 Å². The van der Waals surface area contributed by atoms with Gasteiger partial charge in [-0.1, -0.05) is 6.08 Å². The Hall–Kier alpha value is -1.56. The van der Waals surface area contributed by atoms with E-state index in [9.17, 15) is 9.59 Å². The molecule has 6 nitrogen and oxygen atoms in total. The highest BCUT2D eigenvalue weighted by atomic mass is 16.4. The summed E-state index contributed by atoms with van der Waals surface area (Å²) in [5.41, 5.74) is 0. The molecule has 0 unspecified atom stereocenters. The van der Waals surface area contributed by atoms with E-state index in [1.165, 1.54) is 0 Å². The summed E-state index contributed by atoms with van der Waals surface area (Å²) in [7, 11) is 0. The number of carbonyl (C=O) groups is 2. The third-order valence-corrected chi connectivity index (χ3v) is 1.42. The van der Waals surface area contributed by atoms with Gasteiger partial charge in [0.15, 0.2) is 6.04 Å². The fraction of sp³-hybridized carbons (Fsp3) is 0.500. The molecule has 0 heterocycles. The fourth-order valence-corrected chi connectivity index (χ4v) is 0.683. The van der Waals surface area contributed by atoms with Crippen LogP contribution in [-0.2, 0) is 4.79 Å². The molecule has 0 aromatic heterocycles. The van der Waals surface area contributed by atoms with Crippen LogP contribution in [0.25, 0.3) is 0 Å². The molecule has 0 aliphatic rings. The maximum Gasteiger partial charge on any atom is 0.328 e. The third-order valence-electron chi connectivity index (χ3n) is 1.42. The maximum atomic E-state index is 11.0. The standard InChI is InChI=1S/C8H14N2O4/c1-2-3-4-9-8(14)10-6(5-11)7(12)13/h2,6,11H,1,3-5H2,(H,12,13)(H2,9,10,14)/t6-/m1/s1. The van der Waals surface area contributed by atoms with Gasteiger partial charge in [0.05, 0.1) is 6.61 Å². The Morgan fingerprint density at radius 2 is 2.14 bits per heavy atom. The number of aliphatic hydroxyl groups excluding tert-OH is 1. The number of hydrogen-bond acceptors (Lipinski definition) is 3. The van der Waals surface area contributed by atoms with Gasteiger partial charge in [-0.05, 0) is 6.42 Å². The molecule has 0 fully saturated rings. The molecule has 0 saturated carbocycles. The van der Waals surface area contributed by atoms with Crippen molar-refractivity contribution in [3.8, 4) is 0 Å². The van der Waals surface area contributed by atoms with Crippen molar-refractivity contribution in [2.45, 2.75) is 12.5 Å². The van der Waals surface area contributed by atoms with E-state index in [0.717, 1.165) is 0 Å². The third kappa shape index (κ3) is 5.15. The molecule has 0 saturated heterocycles. The second-order valence-electron chi connectivity index (χ2n) is 2.55. The van der Waals surface area contributed by atoms with Gasteiger partial charge in [0.25, 0.3) is 0 Å². The summed E-state index contributed by atoms with van der Waals surface area (Å²) in [6.45, 7) is 3.20. The van der Waals surface area contributed by atoms with Crippen LogP contribution in [-0.4, -0.2) is 41.4 Å². The Kier molecular flexibility index (Phi) is 6.13. The summed E-state index contributed by atoms with van der Waals surface area (Å²) in [6, 6.07) is -1.88. The molecule has 4 N–H and O–H groups in total. The predicted octanol–water partition coefficient (Wildman–Crippen LogP) is -0.693. The van der Waals surface area contributed by atoms with Gasteiger partial charge in [-0.3, -0.25) is 0 Å². The van der Waals surface area contributed by atoms with Crippen molar-refractivity contribution in [3.63, 3.8) is 0 Å². The normalized spacial score (nSPS) is 11.5. The largest absolute Gasteiger partial charge is 0.480 e. The zero-order valence-electron chi connectivity index (χ0n) is 7.69. The number of carboxylic acids is 1. The molecule has 14 heavy (non-hydrogen) atoms. The average Bonchev–Trinajstić information content (AvgIpc) is 2.14. The first kappa shape index (κ1) is 12.4. The number of aliphatic carboxylic acids is 1. The average molecular weight is 202 g/mol. The van der Waals surface area contributed by atoms with E-state index in [1.54, 1.807) is 6.08 Å². The van der Waals surface area contributed by atoms with Crippen LogP contribution in [0.2, 0.25) is 0 Å². The van der Waals surface area contributed by atoms with Crippen LogP contribution in [0.1, 0.15) is 6.42 Å². The summed E-state index contributed by atoms with van der Waals surface area (Å²) in [6.07, 6.45) is 2.23. The second-order valence-corrected chi connectivity index (χ2v) is 2.55. The van der Waals surface area contributed by atoms with Crippen molar-refractivity contribution in [2.75, 3.05) is 13.2 Å². The van der Waals surface area contributed by atoms with Crippen molar-refractivity contribution in [2.24, 2.45) is 0 Å². The Bertz CT molecular complexity index is 217. The molecule has 80 valence electrons. The summed E-state index contributed by atoms with van der Waals surface area (Å²) >= 11 is 0. The lowest BCUT2D eigenvalue weighted by molar-refractivity contribution is -0.140. The van der Waals surface area contributed by atoms with Crippen LogP contribution in [0.3, 0.4) is 0 Å². The number of rotatable bonds is 6. The Labute approximate surface area is 81.6 Å². The molecule has 0 bridgehead atoms. The van der Waals surface area contributed by atoms with Crippen LogP contribution in [0.5, 0.6) is 0 Å². The number of hydrogen-bond donors (Lipinski definition) is 4. The molecular formula is C8H14N2O4. The zero-order chi connectivity index (χ0) is 11.0. The van der Waals surface area contributed by atoms with Crippen molar-refractivity contribution in [3.05, 3.63) is 12.7 Å². The highest BCUT2D eigenvalue weighted by Gasteiger charge is 2.17. The monoisotopic (exact) mass is 202 g/mol. The van der Waals surface area contributed by atoms with E-state index in [2.05, 4.69) is 17.2 Å². The Morgan fingerprint density at radius 1 is 1.50 bits per heavy atom. The summed E-state index contributed by atoms with van der Waals surface area (Å²) < 4.78 is 0. The molecule has 0 rings (SSSR count). The molecular weight excluding hydrogens is 188 g/mol. The fourth-order valence-electron chi connectivity index (χ4n) is 0.683. The van der Waals surface area contributed by atoms with Gasteiger partial charge < -0.3 is 20.8 Å². The van der Waals surface area contributed by atoms with Gasteiger partial charge >= 0.3 is 12.0 Å². The lowest BCUT2D eigenvalue weighted by Gasteiger charge is -2.11. The lowest BCUT2D eigenvalue weighted by atomic mass is 10.3. The first-order valence-electron chi connectivity index (χ1n) is 4.10. The number of urea groups is 1. The smallest absolute Gasteiger partial charge is 0.328 e. The summed E-state index contributed by atoms with van der Waals surface area (Å²) in [4.78, 5) is 21.3. The maximum absolute atomic E-state index is 11.0. The SMILES string of the molecule is C=CCCNC(=O)N[C@H](CO)C(=O)O. The molecule has 0 aromatic rings. The molecule has 2 amide bonds. The number of carboxylic acid groups (broad SMARTS) is 1. The van der Waals surface area contributed by atoms with Gasteiger partial charge in [0, 0.05) is 6.54 Å². The van der Waals surface area contributed by atoms with E-state index in [-0.39, 0.29) is 0 Å². The lowest BCUT2D eigenvalue weighted by Crippen LogP contribution is -2.48. The van der Waals surface area contributed by atoms with Crippen LogP contribution in [0.4, 0.5) is 4.79 Å². The van der Waals surface area contributed by atoms with Crippen molar-refractivity contribution in [1.82, 2.24) is 10.6 Å². The molecule has 0 aromatic carbocycles. The van der Waals surface area contributed by atoms with E-state index in [1.807, 2.05) is 0 Å². The van der Waals surface area contributed by atoms with Crippen LogP contribution in [0, 0.1) is 0 Å². The number of nitrogens with one attached hydrogen (secondary N) is 2. The van der Waals surface area contributed by atoms with Gasteiger partial charge in [-0.15, -0.1) is 6.58 Å². The molecule has 0 radical (unpaired) electrons. The van der Waals surface area contributed by atoms with Gasteiger partial charge in [-0.25, -0.2) is 9.59 Å². The van der Waals surface area contributed by atoms with Crippen LogP contribution >= 0.6 is 0 Å². The number of carbonyl (C=O) groups excluding carboxylic acids is 1. The minimum Gasteiger partial charge on any atom is -0.480 e. The quantitative estimate of drug-likeness (QED) is 0.338. The van der Waals surface area contributed by atoms with Gasteiger partial charge in [0.1, 0.15) is 0 Å². The summed E-state index contributed by atoms with van der Waals surface area (Å²) in [5, 5.41) is 21.6. The summed E-state index contributed by atoms with van der Waals surface area (Å²) in [5.74, 6) is -1.27.